The Kier molecular flexibility index (Phi) is 5.16. The summed E-state index contributed by atoms with van der Waals surface area (Å²) in [5.74, 6) is 1.29. The molecule has 0 aliphatic rings. The number of carbonyl (C=O) groups is 1. The molecule has 0 radical (unpaired) electrons. The quantitative estimate of drug-likeness (QED) is 0.811. The van der Waals surface area contributed by atoms with Crippen LogP contribution in [0.25, 0.3) is 6.08 Å². The summed E-state index contributed by atoms with van der Waals surface area (Å²) in [6.45, 7) is 7.66. The molecule has 1 aromatic carbocycles. The average Bonchev–Trinajstić information content (AvgIpc) is 2.35. The largest absolute Gasteiger partial charge is 0.493 e. The highest BCUT2D eigenvalue weighted by atomic mass is 16.5. The van der Waals surface area contributed by atoms with Crippen LogP contribution in [0.2, 0.25) is 0 Å². The molecule has 0 saturated heterocycles. The van der Waals surface area contributed by atoms with E-state index in [9.17, 15) is 4.79 Å². The maximum atomic E-state index is 11.8. The van der Waals surface area contributed by atoms with Gasteiger partial charge in [0.1, 0.15) is 6.61 Å². The molecule has 0 spiro atoms. The van der Waals surface area contributed by atoms with Crippen molar-refractivity contribution in [3.63, 3.8) is 0 Å². The highest BCUT2D eigenvalue weighted by Gasteiger charge is 2.22. The van der Waals surface area contributed by atoms with Crippen molar-refractivity contribution in [1.29, 1.82) is 0 Å². The predicted octanol–water partition coefficient (Wildman–Crippen LogP) is 3.72. The zero-order valence-electron chi connectivity index (χ0n) is 12.3. The Morgan fingerprint density at radius 2 is 1.95 bits per heavy atom. The smallest absolute Gasteiger partial charge is 0.175 e. The van der Waals surface area contributed by atoms with E-state index in [1.165, 1.54) is 0 Å². The van der Waals surface area contributed by atoms with Gasteiger partial charge in [0.15, 0.2) is 17.3 Å². The molecule has 0 amide bonds. The summed E-state index contributed by atoms with van der Waals surface area (Å²) >= 11 is 0. The molecule has 0 aliphatic heterocycles. The van der Waals surface area contributed by atoms with E-state index in [4.69, 9.17) is 9.47 Å². The maximum absolute atomic E-state index is 11.8. The van der Waals surface area contributed by atoms with E-state index >= 15 is 0 Å². The van der Waals surface area contributed by atoms with Gasteiger partial charge in [-0.05, 0) is 24.6 Å². The Morgan fingerprint density at radius 1 is 1.26 bits per heavy atom. The summed E-state index contributed by atoms with van der Waals surface area (Å²) < 4.78 is 10.8. The van der Waals surface area contributed by atoms with Gasteiger partial charge in [-0.2, -0.15) is 0 Å². The van der Waals surface area contributed by atoms with Gasteiger partial charge in [-0.1, -0.05) is 39.0 Å². The molecule has 0 aromatic heterocycles. The standard InChI is InChI=1S/C16H22O3/c1-6-7-12-8-9-13(14(10-12)18-5)19-11-15(17)16(2,3)4/h6-10H,11H2,1-5H3/b7-6+. The second kappa shape index (κ2) is 6.41. The van der Waals surface area contributed by atoms with Crippen LogP contribution in [0.4, 0.5) is 0 Å². The third-order valence-electron chi connectivity index (χ3n) is 2.74. The first kappa shape index (κ1) is 15.3. The lowest BCUT2D eigenvalue weighted by Gasteiger charge is -2.17. The fourth-order valence-electron chi connectivity index (χ4n) is 1.46. The van der Waals surface area contributed by atoms with E-state index in [0.717, 1.165) is 5.56 Å². The summed E-state index contributed by atoms with van der Waals surface area (Å²) in [5, 5.41) is 0. The minimum absolute atomic E-state index is 0.0584. The number of ether oxygens (including phenoxy) is 2. The minimum atomic E-state index is -0.391. The molecule has 0 N–H and O–H groups in total. The van der Waals surface area contributed by atoms with Crippen LogP contribution in [-0.4, -0.2) is 19.5 Å². The molecule has 0 heterocycles. The molecular formula is C16H22O3. The first-order valence-corrected chi connectivity index (χ1v) is 6.35. The summed E-state index contributed by atoms with van der Waals surface area (Å²) in [4.78, 5) is 11.8. The number of benzene rings is 1. The number of allylic oxidation sites excluding steroid dienone is 1. The molecule has 0 saturated carbocycles. The van der Waals surface area contributed by atoms with Crippen molar-refractivity contribution in [2.75, 3.05) is 13.7 Å². The van der Waals surface area contributed by atoms with Crippen LogP contribution in [0.15, 0.2) is 24.3 Å². The Bertz CT molecular complexity index is 467. The number of hydrogen-bond acceptors (Lipinski definition) is 3. The molecule has 104 valence electrons. The number of methoxy groups -OCH3 is 1. The molecular weight excluding hydrogens is 240 g/mol. The van der Waals surface area contributed by atoms with Crippen molar-refractivity contribution in [3.8, 4) is 11.5 Å². The summed E-state index contributed by atoms with van der Waals surface area (Å²) in [6, 6.07) is 5.64. The fraction of sp³-hybridized carbons (Fsp3) is 0.438. The number of rotatable bonds is 5. The van der Waals surface area contributed by atoms with Crippen molar-refractivity contribution < 1.29 is 14.3 Å². The van der Waals surface area contributed by atoms with Crippen LogP contribution in [0.3, 0.4) is 0 Å². The van der Waals surface area contributed by atoms with Crippen LogP contribution < -0.4 is 9.47 Å². The fourth-order valence-corrected chi connectivity index (χ4v) is 1.46. The lowest BCUT2D eigenvalue weighted by Crippen LogP contribution is -2.26. The molecule has 3 nitrogen and oxygen atoms in total. The van der Waals surface area contributed by atoms with Gasteiger partial charge in [-0.3, -0.25) is 4.79 Å². The van der Waals surface area contributed by atoms with Crippen molar-refractivity contribution in [1.82, 2.24) is 0 Å². The number of hydrogen-bond donors (Lipinski definition) is 0. The predicted molar refractivity (Wildman–Crippen MR) is 77.7 cm³/mol. The third-order valence-corrected chi connectivity index (χ3v) is 2.74. The molecule has 0 fully saturated rings. The SMILES string of the molecule is C/C=C/c1ccc(OCC(=O)C(C)(C)C)c(OC)c1. The molecule has 1 aromatic rings. The Morgan fingerprint density at radius 3 is 2.47 bits per heavy atom. The number of Topliss-reactive ketones (excluding diaryl/α,β-unsaturated/α-hetero) is 1. The molecule has 0 atom stereocenters. The van der Waals surface area contributed by atoms with Crippen LogP contribution >= 0.6 is 0 Å². The molecule has 1 rings (SSSR count). The normalized spacial score (nSPS) is 11.6. The number of carbonyl (C=O) groups excluding carboxylic acids is 1. The van der Waals surface area contributed by atoms with E-state index in [1.54, 1.807) is 7.11 Å². The minimum Gasteiger partial charge on any atom is -0.493 e. The van der Waals surface area contributed by atoms with Crippen molar-refractivity contribution >= 4 is 11.9 Å². The van der Waals surface area contributed by atoms with E-state index < -0.39 is 5.41 Å². The summed E-state index contributed by atoms with van der Waals surface area (Å²) in [7, 11) is 1.59. The Labute approximate surface area is 115 Å². The molecule has 0 unspecified atom stereocenters. The average molecular weight is 262 g/mol. The van der Waals surface area contributed by atoms with E-state index in [0.29, 0.717) is 11.5 Å². The summed E-state index contributed by atoms with van der Waals surface area (Å²) in [6.07, 6.45) is 3.94. The van der Waals surface area contributed by atoms with E-state index in [-0.39, 0.29) is 12.4 Å². The number of ketones is 1. The van der Waals surface area contributed by atoms with Gasteiger partial charge >= 0.3 is 0 Å². The van der Waals surface area contributed by atoms with Crippen LogP contribution in [0.5, 0.6) is 11.5 Å². The van der Waals surface area contributed by atoms with Crippen LogP contribution in [0, 0.1) is 5.41 Å². The Hall–Kier alpha value is -1.77. The van der Waals surface area contributed by atoms with Gasteiger partial charge in [0.05, 0.1) is 7.11 Å². The van der Waals surface area contributed by atoms with Gasteiger partial charge in [-0.25, -0.2) is 0 Å². The lowest BCUT2D eigenvalue weighted by atomic mass is 9.91. The summed E-state index contributed by atoms with van der Waals surface area (Å²) in [5.41, 5.74) is 0.645. The zero-order chi connectivity index (χ0) is 14.5. The van der Waals surface area contributed by atoms with Gasteiger partial charge in [0.2, 0.25) is 0 Å². The van der Waals surface area contributed by atoms with E-state index in [1.807, 2.05) is 58.0 Å². The molecule has 0 aliphatic carbocycles. The van der Waals surface area contributed by atoms with Crippen LogP contribution in [0.1, 0.15) is 33.3 Å². The zero-order valence-corrected chi connectivity index (χ0v) is 12.3. The van der Waals surface area contributed by atoms with Gasteiger partial charge < -0.3 is 9.47 Å². The van der Waals surface area contributed by atoms with Crippen LogP contribution in [-0.2, 0) is 4.79 Å². The first-order valence-electron chi connectivity index (χ1n) is 6.35. The molecule has 3 heteroatoms. The highest BCUT2D eigenvalue weighted by molar-refractivity contribution is 5.85. The second-order valence-corrected chi connectivity index (χ2v) is 5.37. The molecule has 19 heavy (non-hydrogen) atoms. The Balaban J connectivity index is 2.81. The van der Waals surface area contributed by atoms with Crippen molar-refractivity contribution in [2.24, 2.45) is 5.41 Å². The maximum Gasteiger partial charge on any atom is 0.175 e. The topological polar surface area (TPSA) is 35.5 Å². The second-order valence-electron chi connectivity index (χ2n) is 5.37. The monoisotopic (exact) mass is 262 g/mol. The van der Waals surface area contributed by atoms with Gasteiger partial charge in [-0.15, -0.1) is 0 Å². The van der Waals surface area contributed by atoms with Crippen molar-refractivity contribution in [2.45, 2.75) is 27.7 Å². The lowest BCUT2D eigenvalue weighted by molar-refractivity contribution is -0.128. The van der Waals surface area contributed by atoms with Gasteiger partial charge in [0, 0.05) is 5.41 Å². The third kappa shape index (κ3) is 4.43. The van der Waals surface area contributed by atoms with E-state index in [2.05, 4.69) is 0 Å². The van der Waals surface area contributed by atoms with Crippen molar-refractivity contribution in [3.05, 3.63) is 29.8 Å². The molecule has 0 bridgehead atoms. The first-order chi connectivity index (χ1) is 8.88. The van der Waals surface area contributed by atoms with Gasteiger partial charge in [0.25, 0.3) is 0 Å². The highest BCUT2D eigenvalue weighted by Crippen LogP contribution is 2.29.